The lowest BCUT2D eigenvalue weighted by molar-refractivity contribution is 0.109. The zero-order valence-corrected chi connectivity index (χ0v) is 17.5. The fourth-order valence-electron chi connectivity index (χ4n) is 3.08. The molecule has 1 unspecified atom stereocenters. The Hall–Kier alpha value is -1.38. The predicted octanol–water partition coefficient (Wildman–Crippen LogP) is 2.91. The minimum atomic E-state index is -0.143. The van der Waals surface area contributed by atoms with Gasteiger partial charge in [0.05, 0.1) is 6.54 Å². The molecule has 0 amide bonds. The SMILES string of the molecule is COC(C)c1noc(CN2CCCN(Cc3cccc(N)c3)CC2)n1.Cl.Cl. The number of methoxy groups -OCH3 is 1. The van der Waals surface area contributed by atoms with Crippen LogP contribution >= 0.6 is 24.8 Å². The first-order valence-corrected chi connectivity index (χ1v) is 8.78. The summed E-state index contributed by atoms with van der Waals surface area (Å²) in [5.74, 6) is 1.26. The molecular weight excluding hydrogens is 389 g/mol. The van der Waals surface area contributed by atoms with Crippen molar-refractivity contribution >= 4 is 30.5 Å². The second-order valence-corrected chi connectivity index (χ2v) is 6.58. The van der Waals surface area contributed by atoms with E-state index < -0.39 is 0 Å². The normalized spacial score (nSPS) is 16.8. The Kier molecular flexibility index (Phi) is 10.0. The lowest BCUT2D eigenvalue weighted by atomic mass is 10.2. The van der Waals surface area contributed by atoms with Gasteiger partial charge in [-0.15, -0.1) is 24.8 Å². The summed E-state index contributed by atoms with van der Waals surface area (Å²) in [6.07, 6.45) is 0.980. The van der Waals surface area contributed by atoms with Crippen LogP contribution in [0.15, 0.2) is 28.8 Å². The van der Waals surface area contributed by atoms with Crippen molar-refractivity contribution in [2.75, 3.05) is 39.0 Å². The third-order valence-electron chi connectivity index (χ3n) is 4.60. The van der Waals surface area contributed by atoms with E-state index in [2.05, 4.69) is 32.1 Å². The van der Waals surface area contributed by atoms with Gasteiger partial charge in [0.1, 0.15) is 6.10 Å². The van der Waals surface area contributed by atoms with Gasteiger partial charge < -0.3 is 15.0 Å². The van der Waals surface area contributed by atoms with Crippen LogP contribution in [-0.4, -0.2) is 53.2 Å². The third-order valence-corrected chi connectivity index (χ3v) is 4.60. The second kappa shape index (κ2) is 11.5. The summed E-state index contributed by atoms with van der Waals surface area (Å²) in [6, 6.07) is 8.13. The number of benzene rings is 1. The Morgan fingerprint density at radius 2 is 1.85 bits per heavy atom. The largest absolute Gasteiger partial charge is 0.399 e. The minimum absolute atomic E-state index is 0. The highest BCUT2D eigenvalue weighted by molar-refractivity contribution is 5.85. The zero-order chi connectivity index (χ0) is 17.6. The summed E-state index contributed by atoms with van der Waals surface area (Å²) >= 11 is 0. The van der Waals surface area contributed by atoms with E-state index in [4.69, 9.17) is 15.0 Å². The molecule has 1 aromatic heterocycles. The molecule has 1 aliphatic heterocycles. The summed E-state index contributed by atoms with van der Waals surface area (Å²) in [7, 11) is 1.64. The van der Waals surface area contributed by atoms with Crippen molar-refractivity contribution in [2.45, 2.75) is 32.5 Å². The van der Waals surface area contributed by atoms with Gasteiger partial charge in [0.25, 0.3) is 0 Å². The first-order valence-electron chi connectivity index (χ1n) is 8.78. The number of aromatic nitrogens is 2. The van der Waals surface area contributed by atoms with Crippen LogP contribution in [0.3, 0.4) is 0 Å². The van der Waals surface area contributed by atoms with Gasteiger partial charge in [0.2, 0.25) is 5.89 Å². The molecule has 1 fully saturated rings. The molecule has 2 heterocycles. The fourth-order valence-corrected chi connectivity index (χ4v) is 3.08. The van der Waals surface area contributed by atoms with E-state index in [9.17, 15) is 0 Å². The van der Waals surface area contributed by atoms with Crippen LogP contribution in [-0.2, 0) is 17.8 Å². The van der Waals surface area contributed by atoms with E-state index in [0.717, 1.165) is 44.8 Å². The van der Waals surface area contributed by atoms with E-state index in [1.54, 1.807) is 7.11 Å². The number of nitrogens with zero attached hydrogens (tertiary/aromatic N) is 4. The average Bonchev–Trinajstić information content (AvgIpc) is 2.96. The summed E-state index contributed by atoms with van der Waals surface area (Å²) < 4.78 is 10.6. The number of hydrogen-bond donors (Lipinski definition) is 1. The molecule has 2 aromatic rings. The van der Waals surface area contributed by atoms with Crippen molar-refractivity contribution in [3.63, 3.8) is 0 Å². The second-order valence-electron chi connectivity index (χ2n) is 6.58. The Balaban J connectivity index is 0.00000182. The van der Waals surface area contributed by atoms with E-state index in [0.29, 0.717) is 18.3 Å². The third kappa shape index (κ3) is 6.93. The molecule has 9 heteroatoms. The van der Waals surface area contributed by atoms with Crippen molar-refractivity contribution < 1.29 is 9.26 Å². The summed E-state index contributed by atoms with van der Waals surface area (Å²) in [4.78, 5) is 9.27. The molecule has 27 heavy (non-hydrogen) atoms. The summed E-state index contributed by atoms with van der Waals surface area (Å²) in [5.41, 5.74) is 7.97. The van der Waals surface area contributed by atoms with Crippen LogP contribution in [0.1, 0.15) is 36.7 Å². The fraction of sp³-hybridized carbons (Fsp3) is 0.556. The predicted molar refractivity (Wildman–Crippen MR) is 110 cm³/mol. The number of nitrogens with two attached hydrogens (primary N) is 1. The van der Waals surface area contributed by atoms with Gasteiger partial charge in [-0.25, -0.2) is 0 Å². The van der Waals surface area contributed by atoms with Crippen LogP contribution in [0.4, 0.5) is 5.69 Å². The molecule has 1 aromatic carbocycles. The van der Waals surface area contributed by atoms with Crippen LogP contribution in [0.2, 0.25) is 0 Å². The summed E-state index contributed by atoms with van der Waals surface area (Å²) in [6.45, 7) is 7.66. The minimum Gasteiger partial charge on any atom is -0.399 e. The highest BCUT2D eigenvalue weighted by atomic mass is 35.5. The van der Waals surface area contributed by atoms with E-state index in [1.165, 1.54) is 5.56 Å². The lowest BCUT2D eigenvalue weighted by Gasteiger charge is -2.21. The number of nitrogen functional groups attached to an aromatic ring is 1. The number of rotatable bonds is 6. The number of hydrogen-bond acceptors (Lipinski definition) is 7. The van der Waals surface area contributed by atoms with Gasteiger partial charge in [0, 0.05) is 32.4 Å². The maximum Gasteiger partial charge on any atom is 0.240 e. The molecule has 2 N–H and O–H groups in total. The molecule has 1 atom stereocenters. The first kappa shape index (κ1) is 23.7. The van der Waals surface area contributed by atoms with Gasteiger partial charge >= 0.3 is 0 Å². The molecule has 152 valence electrons. The van der Waals surface area contributed by atoms with Crippen molar-refractivity contribution in [3.05, 3.63) is 41.5 Å². The Morgan fingerprint density at radius 3 is 2.52 bits per heavy atom. The van der Waals surface area contributed by atoms with Crippen LogP contribution in [0.25, 0.3) is 0 Å². The Labute approximate surface area is 173 Å². The van der Waals surface area contributed by atoms with Crippen molar-refractivity contribution in [2.24, 2.45) is 0 Å². The molecule has 0 radical (unpaired) electrons. The van der Waals surface area contributed by atoms with E-state index in [-0.39, 0.29) is 30.9 Å². The smallest absolute Gasteiger partial charge is 0.240 e. The van der Waals surface area contributed by atoms with Crippen molar-refractivity contribution in [3.8, 4) is 0 Å². The molecule has 7 nitrogen and oxygen atoms in total. The molecule has 3 rings (SSSR count). The lowest BCUT2D eigenvalue weighted by Crippen LogP contribution is -2.30. The first-order chi connectivity index (χ1) is 12.1. The molecular formula is C18H29Cl2N5O2. The standard InChI is InChI=1S/C18H27N5O2.2ClH/c1-14(24-2)18-20-17(25-21-18)13-23-8-4-7-22(9-10-23)12-15-5-3-6-16(19)11-15;;/h3,5-6,11,14H,4,7-10,12-13,19H2,1-2H3;2*1H. The Bertz CT molecular complexity index is 685. The summed E-state index contributed by atoms with van der Waals surface area (Å²) in [5, 5.41) is 3.99. The Morgan fingerprint density at radius 1 is 1.15 bits per heavy atom. The van der Waals surface area contributed by atoms with Crippen LogP contribution in [0.5, 0.6) is 0 Å². The number of anilines is 1. The highest BCUT2D eigenvalue weighted by Gasteiger charge is 2.19. The monoisotopic (exact) mass is 417 g/mol. The molecule has 0 aliphatic carbocycles. The van der Waals surface area contributed by atoms with E-state index >= 15 is 0 Å². The van der Waals surface area contributed by atoms with Gasteiger partial charge in [0.15, 0.2) is 5.82 Å². The van der Waals surface area contributed by atoms with Gasteiger partial charge in [-0.1, -0.05) is 17.3 Å². The molecule has 0 bridgehead atoms. The maximum atomic E-state index is 5.88. The van der Waals surface area contributed by atoms with Crippen molar-refractivity contribution in [1.82, 2.24) is 19.9 Å². The molecule has 0 saturated carbocycles. The van der Waals surface area contributed by atoms with Gasteiger partial charge in [-0.05, 0) is 44.1 Å². The van der Waals surface area contributed by atoms with Crippen LogP contribution in [0, 0.1) is 0 Å². The van der Waals surface area contributed by atoms with Crippen molar-refractivity contribution in [1.29, 1.82) is 0 Å². The van der Waals surface area contributed by atoms with Crippen LogP contribution < -0.4 is 5.73 Å². The molecule has 0 spiro atoms. The van der Waals surface area contributed by atoms with Gasteiger partial charge in [-0.2, -0.15) is 4.98 Å². The average molecular weight is 418 g/mol. The maximum absolute atomic E-state index is 5.88. The number of ether oxygens (including phenoxy) is 1. The molecule has 1 saturated heterocycles. The number of halogens is 2. The van der Waals surface area contributed by atoms with Gasteiger partial charge in [-0.3, -0.25) is 9.80 Å². The highest BCUT2D eigenvalue weighted by Crippen LogP contribution is 2.15. The quantitative estimate of drug-likeness (QED) is 0.723. The van der Waals surface area contributed by atoms with E-state index in [1.807, 2.05) is 19.1 Å². The molecule has 1 aliphatic rings. The zero-order valence-electron chi connectivity index (χ0n) is 15.8. The topological polar surface area (TPSA) is 80.7 Å².